The Labute approximate surface area is 140 Å². The number of aryl methyl sites for hydroxylation is 2. The molecule has 1 fully saturated rings. The van der Waals surface area contributed by atoms with E-state index in [4.69, 9.17) is 5.11 Å². The van der Waals surface area contributed by atoms with Gasteiger partial charge in [-0.2, -0.15) is 0 Å². The Bertz CT molecular complexity index is 843. The lowest BCUT2D eigenvalue weighted by Crippen LogP contribution is -2.27. The maximum absolute atomic E-state index is 12.6. The topological polar surface area (TPSA) is 66.4 Å². The summed E-state index contributed by atoms with van der Waals surface area (Å²) in [7, 11) is 0. The van der Waals surface area contributed by atoms with Gasteiger partial charge in [0.15, 0.2) is 0 Å². The molecule has 2 aromatic carbocycles. The third kappa shape index (κ3) is 2.48. The Morgan fingerprint density at radius 3 is 2.67 bits per heavy atom. The second kappa shape index (κ2) is 5.48. The van der Waals surface area contributed by atoms with Gasteiger partial charge < -0.3 is 10.4 Å². The van der Waals surface area contributed by atoms with Crippen LogP contribution in [0.25, 0.3) is 0 Å². The molecule has 4 heteroatoms. The van der Waals surface area contributed by atoms with Crippen LogP contribution in [0.3, 0.4) is 0 Å². The molecule has 4 rings (SSSR count). The van der Waals surface area contributed by atoms with Gasteiger partial charge in [0.25, 0.3) is 5.91 Å². The second-order valence-electron chi connectivity index (χ2n) is 6.82. The van der Waals surface area contributed by atoms with Crippen molar-refractivity contribution in [1.82, 2.24) is 5.32 Å². The highest BCUT2D eigenvalue weighted by Crippen LogP contribution is 2.54. The minimum Gasteiger partial charge on any atom is -0.478 e. The predicted molar refractivity (Wildman–Crippen MR) is 90.4 cm³/mol. The first kappa shape index (κ1) is 14.9. The van der Waals surface area contributed by atoms with E-state index in [0.29, 0.717) is 17.4 Å². The van der Waals surface area contributed by atoms with E-state index in [1.165, 1.54) is 17.2 Å². The molecule has 0 heterocycles. The van der Waals surface area contributed by atoms with Crippen molar-refractivity contribution >= 4 is 11.9 Å². The first-order valence-electron chi connectivity index (χ1n) is 8.28. The van der Waals surface area contributed by atoms with Gasteiger partial charge in [0.05, 0.1) is 5.56 Å². The molecule has 0 radical (unpaired) electrons. The molecular formula is C20H19NO3. The molecule has 1 amide bonds. The van der Waals surface area contributed by atoms with Crippen LogP contribution in [0.15, 0.2) is 42.5 Å². The number of amides is 1. The maximum atomic E-state index is 12.6. The molecule has 1 saturated carbocycles. The summed E-state index contributed by atoms with van der Waals surface area (Å²) in [5.41, 5.74) is 4.09. The summed E-state index contributed by atoms with van der Waals surface area (Å²) in [6.45, 7) is 1.80. The highest BCUT2D eigenvalue weighted by atomic mass is 16.4. The van der Waals surface area contributed by atoms with Crippen LogP contribution in [0, 0.1) is 12.8 Å². The molecule has 24 heavy (non-hydrogen) atoms. The average Bonchev–Trinajstić information content (AvgIpc) is 3.27. The Hall–Kier alpha value is -2.62. The number of carboxylic acid groups (broad SMARTS) is 1. The highest BCUT2D eigenvalue weighted by Gasteiger charge is 2.53. The van der Waals surface area contributed by atoms with Crippen molar-refractivity contribution in [1.29, 1.82) is 0 Å². The Morgan fingerprint density at radius 2 is 1.88 bits per heavy atom. The number of carbonyl (C=O) groups is 2. The van der Waals surface area contributed by atoms with Gasteiger partial charge in [0, 0.05) is 17.5 Å². The summed E-state index contributed by atoms with van der Waals surface area (Å²) in [6, 6.07) is 13.4. The molecule has 2 aromatic rings. The quantitative estimate of drug-likeness (QED) is 0.912. The van der Waals surface area contributed by atoms with Crippen LogP contribution in [-0.4, -0.2) is 23.0 Å². The van der Waals surface area contributed by atoms with Gasteiger partial charge in [-0.25, -0.2) is 4.79 Å². The number of nitrogens with one attached hydrogen (secondary N) is 1. The Balaban J connectivity index is 1.54. The molecule has 2 aliphatic carbocycles. The number of aromatic carboxylic acids is 1. The summed E-state index contributed by atoms with van der Waals surface area (Å²) in [4.78, 5) is 23.7. The molecular weight excluding hydrogens is 302 g/mol. The van der Waals surface area contributed by atoms with E-state index in [0.717, 1.165) is 18.4 Å². The van der Waals surface area contributed by atoms with Crippen LogP contribution >= 0.6 is 0 Å². The van der Waals surface area contributed by atoms with E-state index >= 15 is 0 Å². The van der Waals surface area contributed by atoms with Gasteiger partial charge in [0.1, 0.15) is 0 Å². The lowest BCUT2D eigenvalue weighted by molar-refractivity contribution is 0.0696. The molecule has 2 aliphatic rings. The van der Waals surface area contributed by atoms with Crippen LogP contribution in [0.4, 0.5) is 0 Å². The fraction of sp³-hybridized carbons (Fsp3) is 0.300. The van der Waals surface area contributed by atoms with Gasteiger partial charge in [-0.1, -0.05) is 24.3 Å². The van der Waals surface area contributed by atoms with Gasteiger partial charge >= 0.3 is 5.97 Å². The molecule has 2 N–H and O–H groups in total. The van der Waals surface area contributed by atoms with Crippen molar-refractivity contribution in [2.24, 2.45) is 5.92 Å². The standard InChI is InChI=1S/C20H19NO3/c1-11-8-13(10-14(9-11)20(23)24)19(22)21-18-16-7-6-12-4-2-3-5-15(12)17(16)18/h2-5,8-10,16-18H,6-7H2,1H3,(H,21,22)(H,23,24). The van der Waals surface area contributed by atoms with Crippen LogP contribution in [-0.2, 0) is 6.42 Å². The van der Waals surface area contributed by atoms with Crippen molar-refractivity contribution in [2.45, 2.75) is 31.7 Å². The smallest absolute Gasteiger partial charge is 0.335 e. The molecule has 0 spiro atoms. The zero-order valence-electron chi connectivity index (χ0n) is 13.5. The van der Waals surface area contributed by atoms with Crippen LogP contribution < -0.4 is 5.32 Å². The van der Waals surface area contributed by atoms with E-state index in [1.807, 2.05) is 0 Å². The number of carboxylic acids is 1. The van der Waals surface area contributed by atoms with E-state index in [-0.39, 0.29) is 17.5 Å². The largest absolute Gasteiger partial charge is 0.478 e. The third-order valence-corrected chi connectivity index (χ3v) is 5.21. The van der Waals surface area contributed by atoms with E-state index in [9.17, 15) is 9.59 Å². The number of carbonyl (C=O) groups excluding carboxylic acids is 1. The summed E-state index contributed by atoms with van der Waals surface area (Å²) < 4.78 is 0. The SMILES string of the molecule is Cc1cc(C(=O)O)cc(C(=O)NC2C3CCc4ccccc4C32)c1. The average molecular weight is 321 g/mol. The molecule has 0 saturated heterocycles. The first-order valence-corrected chi connectivity index (χ1v) is 8.28. The molecule has 0 aromatic heterocycles. The number of fused-ring (bicyclic) bond motifs is 3. The lowest BCUT2D eigenvalue weighted by atomic mass is 9.92. The van der Waals surface area contributed by atoms with Crippen molar-refractivity contribution < 1.29 is 14.7 Å². The van der Waals surface area contributed by atoms with Crippen LogP contribution in [0.1, 0.15) is 49.7 Å². The molecule has 0 aliphatic heterocycles. The molecule has 122 valence electrons. The second-order valence-corrected chi connectivity index (χ2v) is 6.82. The summed E-state index contributed by atoms with van der Waals surface area (Å²) >= 11 is 0. The minimum atomic E-state index is -1.01. The van der Waals surface area contributed by atoms with E-state index in [2.05, 4.69) is 29.6 Å². The van der Waals surface area contributed by atoms with Crippen molar-refractivity contribution in [3.05, 3.63) is 70.3 Å². The zero-order chi connectivity index (χ0) is 16.8. The maximum Gasteiger partial charge on any atom is 0.335 e. The molecule has 4 nitrogen and oxygen atoms in total. The van der Waals surface area contributed by atoms with Gasteiger partial charge in [-0.15, -0.1) is 0 Å². The van der Waals surface area contributed by atoms with Gasteiger partial charge in [-0.05, 0) is 60.6 Å². The monoisotopic (exact) mass is 321 g/mol. The summed E-state index contributed by atoms with van der Waals surface area (Å²) in [5, 5.41) is 12.3. The molecule has 0 bridgehead atoms. The first-order chi connectivity index (χ1) is 11.5. The lowest BCUT2D eigenvalue weighted by Gasteiger charge is -2.13. The fourth-order valence-corrected chi connectivity index (χ4v) is 4.04. The van der Waals surface area contributed by atoms with Crippen LogP contribution in [0.2, 0.25) is 0 Å². The molecule has 3 unspecified atom stereocenters. The van der Waals surface area contributed by atoms with Crippen LogP contribution in [0.5, 0.6) is 0 Å². The van der Waals surface area contributed by atoms with E-state index < -0.39 is 5.97 Å². The van der Waals surface area contributed by atoms with E-state index in [1.54, 1.807) is 19.1 Å². The Morgan fingerprint density at radius 1 is 1.12 bits per heavy atom. The summed E-state index contributed by atoms with van der Waals surface area (Å²) in [6.07, 6.45) is 2.16. The highest BCUT2D eigenvalue weighted by molar-refractivity contribution is 5.98. The number of hydrogen-bond donors (Lipinski definition) is 2. The van der Waals surface area contributed by atoms with Crippen molar-refractivity contribution in [3.63, 3.8) is 0 Å². The normalized spacial score (nSPS) is 23.8. The number of benzene rings is 2. The van der Waals surface area contributed by atoms with Crippen molar-refractivity contribution in [3.8, 4) is 0 Å². The number of rotatable bonds is 3. The van der Waals surface area contributed by atoms with Gasteiger partial charge in [-0.3, -0.25) is 4.79 Å². The minimum absolute atomic E-state index is 0.152. The van der Waals surface area contributed by atoms with Crippen molar-refractivity contribution in [2.75, 3.05) is 0 Å². The molecule has 3 atom stereocenters. The zero-order valence-corrected chi connectivity index (χ0v) is 13.5. The fourth-order valence-electron chi connectivity index (χ4n) is 4.04. The van der Waals surface area contributed by atoms with Gasteiger partial charge in [0.2, 0.25) is 0 Å². The third-order valence-electron chi connectivity index (χ3n) is 5.21. The predicted octanol–water partition coefficient (Wildman–Crippen LogP) is 3.15. The number of hydrogen-bond acceptors (Lipinski definition) is 2. The summed E-state index contributed by atoms with van der Waals surface area (Å²) in [5.74, 6) is -0.282. The Kier molecular flexibility index (Phi) is 3.41.